The van der Waals surface area contributed by atoms with Gasteiger partial charge in [0.05, 0.1) is 6.54 Å². The van der Waals surface area contributed by atoms with Crippen molar-refractivity contribution in [2.75, 3.05) is 0 Å². The summed E-state index contributed by atoms with van der Waals surface area (Å²) in [6, 6.07) is 57.1. The molecule has 0 aliphatic carbocycles. The molecule has 0 spiro atoms. The molecule has 0 saturated carbocycles. The van der Waals surface area contributed by atoms with Crippen LogP contribution in [0.25, 0.3) is 73.7 Å². The average Bonchev–Trinajstić information content (AvgIpc) is 3.71. The molecule has 3 heteroatoms. The molecular formula is C44H29NS2. The molecule has 0 radical (unpaired) electrons. The van der Waals surface area contributed by atoms with Gasteiger partial charge in [-0.05, 0) is 63.7 Å². The molecule has 2 aromatic heterocycles. The molecule has 9 aromatic rings. The van der Waals surface area contributed by atoms with Crippen molar-refractivity contribution in [3.63, 3.8) is 0 Å². The van der Waals surface area contributed by atoms with Crippen molar-refractivity contribution in [3.05, 3.63) is 169 Å². The van der Waals surface area contributed by atoms with Crippen LogP contribution in [0.1, 0.15) is 11.1 Å². The van der Waals surface area contributed by atoms with E-state index in [0.29, 0.717) is 6.54 Å². The van der Waals surface area contributed by atoms with E-state index in [1.165, 1.54) is 79.3 Å². The summed E-state index contributed by atoms with van der Waals surface area (Å²) in [7, 11) is 0. The summed E-state index contributed by atoms with van der Waals surface area (Å²) < 4.78 is 5.26. The molecule has 0 aliphatic rings. The largest absolute Gasteiger partial charge is 0.288 e. The molecule has 2 heterocycles. The van der Waals surface area contributed by atoms with Crippen molar-refractivity contribution in [2.24, 2.45) is 4.99 Å². The Morgan fingerprint density at radius 2 is 1.13 bits per heavy atom. The molecule has 47 heavy (non-hydrogen) atoms. The predicted octanol–water partition coefficient (Wildman–Crippen LogP) is 13.0. The number of thiophene rings is 2. The molecule has 222 valence electrons. The van der Waals surface area contributed by atoms with E-state index in [2.05, 4.69) is 164 Å². The van der Waals surface area contributed by atoms with E-state index in [-0.39, 0.29) is 0 Å². The lowest BCUT2D eigenvalue weighted by molar-refractivity contribution is 1.08. The minimum Gasteiger partial charge on any atom is -0.288 e. The van der Waals surface area contributed by atoms with Gasteiger partial charge in [0.25, 0.3) is 0 Å². The summed E-state index contributed by atoms with van der Waals surface area (Å²) in [5.74, 6) is 0. The Labute approximate surface area is 281 Å². The number of aliphatic imine (C=N–C) groups is 1. The van der Waals surface area contributed by atoms with Gasteiger partial charge in [-0.3, -0.25) is 4.99 Å². The molecule has 0 unspecified atom stereocenters. The Kier molecular flexibility index (Phi) is 7.00. The van der Waals surface area contributed by atoms with Crippen LogP contribution in [0.5, 0.6) is 0 Å². The first-order chi connectivity index (χ1) is 23.3. The van der Waals surface area contributed by atoms with Gasteiger partial charge in [-0.2, -0.15) is 0 Å². The molecular weight excluding hydrogens is 607 g/mol. The molecule has 0 N–H and O–H groups in total. The summed E-state index contributed by atoms with van der Waals surface area (Å²) in [6.07, 6.45) is 2.08. The molecule has 0 amide bonds. The summed E-state index contributed by atoms with van der Waals surface area (Å²) in [6.45, 7) is 0.651. The van der Waals surface area contributed by atoms with E-state index in [1.54, 1.807) is 0 Å². The van der Waals surface area contributed by atoms with E-state index >= 15 is 0 Å². The lowest BCUT2D eigenvalue weighted by Gasteiger charge is -2.10. The molecule has 0 saturated heterocycles. The standard InChI is InChI=1S/C44H29NS2/c1-4-12-29(13-5-1)27-45-28-33-20-22-35(32-21-23-41-38(24-32)36-18-10-11-19-40(36)46-41)44-42(33)39-26-34(30-14-6-2-7-15-30)25-37(43(39)47-44)31-16-8-3-9-17-31/h1-26,28H,27H2. The quantitative estimate of drug-likeness (QED) is 0.161. The van der Waals surface area contributed by atoms with E-state index in [1.807, 2.05) is 22.7 Å². The van der Waals surface area contributed by atoms with E-state index in [0.717, 1.165) is 5.56 Å². The van der Waals surface area contributed by atoms with Crippen molar-refractivity contribution < 1.29 is 0 Å². The van der Waals surface area contributed by atoms with Gasteiger partial charge in [-0.25, -0.2) is 0 Å². The number of hydrogen-bond donors (Lipinski definition) is 0. The number of nitrogens with zero attached hydrogens (tertiary/aromatic N) is 1. The second-order valence-electron chi connectivity index (χ2n) is 11.9. The van der Waals surface area contributed by atoms with Crippen LogP contribution in [0.15, 0.2) is 163 Å². The lowest BCUT2D eigenvalue weighted by Crippen LogP contribution is -1.88. The zero-order valence-electron chi connectivity index (χ0n) is 25.6. The molecule has 1 nitrogen and oxygen atoms in total. The maximum Gasteiger partial charge on any atom is 0.0639 e. The third-order valence-electron chi connectivity index (χ3n) is 8.98. The summed E-state index contributed by atoms with van der Waals surface area (Å²) in [5.41, 5.74) is 9.80. The third kappa shape index (κ3) is 5.05. The fourth-order valence-corrected chi connectivity index (χ4v) is 9.17. The smallest absolute Gasteiger partial charge is 0.0639 e. The second kappa shape index (κ2) is 11.8. The molecule has 0 fully saturated rings. The van der Waals surface area contributed by atoms with Crippen molar-refractivity contribution >= 4 is 69.2 Å². The second-order valence-corrected chi connectivity index (χ2v) is 14.0. The highest BCUT2D eigenvalue weighted by atomic mass is 32.1. The third-order valence-corrected chi connectivity index (χ3v) is 11.4. The first-order valence-electron chi connectivity index (χ1n) is 15.9. The van der Waals surface area contributed by atoms with E-state index < -0.39 is 0 Å². The number of hydrogen-bond acceptors (Lipinski definition) is 3. The topological polar surface area (TPSA) is 12.4 Å². The highest BCUT2D eigenvalue weighted by molar-refractivity contribution is 7.27. The van der Waals surface area contributed by atoms with Crippen LogP contribution in [0, 0.1) is 0 Å². The van der Waals surface area contributed by atoms with Gasteiger partial charge in [-0.1, -0.05) is 127 Å². The van der Waals surface area contributed by atoms with Crippen LogP contribution in [0.2, 0.25) is 0 Å². The Hall–Kier alpha value is -5.35. The first-order valence-corrected chi connectivity index (χ1v) is 17.5. The monoisotopic (exact) mass is 635 g/mol. The molecule has 7 aromatic carbocycles. The zero-order valence-corrected chi connectivity index (χ0v) is 27.2. The van der Waals surface area contributed by atoms with Gasteiger partial charge < -0.3 is 0 Å². The Balaban J connectivity index is 1.32. The van der Waals surface area contributed by atoms with Crippen LogP contribution in [0.4, 0.5) is 0 Å². The first kappa shape index (κ1) is 27.9. The van der Waals surface area contributed by atoms with Crippen LogP contribution in [0.3, 0.4) is 0 Å². The van der Waals surface area contributed by atoms with Crippen LogP contribution < -0.4 is 0 Å². The predicted molar refractivity (Wildman–Crippen MR) is 206 cm³/mol. The lowest BCUT2D eigenvalue weighted by atomic mass is 9.93. The summed E-state index contributed by atoms with van der Waals surface area (Å²) in [4.78, 5) is 4.96. The summed E-state index contributed by atoms with van der Waals surface area (Å²) in [5, 5.41) is 5.19. The molecule has 0 aliphatic heterocycles. The maximum absolute atomic E-state index is 4.96. The maximum atomic E-state index is 4.96. The highest BCUT2D eigenvalue weighted by Gasteiger charge is 2.19. The van der Waals surface area contributed by atoms with Crippen LogP contribution in [-0.4, -0.2) is 6.21 Å². The normalized spacial score (nSPS) is 11.8. The van der Waals surface area contributed by atoms with E-state index in [4.69, 9.17) is 4.99 Å². The van der Waals surface area contributed by atoms with Crippen molar-refractivity contribution in [2.45, 2.75) is 6.54 Å². The molecule has 0 bridgehead atoms. The van der Waals surface area contributed by atoms with Gasteiger partial charge >= 0.3 is 0 Å². The zero-order chi connectivity index (χ0) is 31.2. The van der Waals surface area contributed by atoms with E-state index in [9.17, 15) is 0 Å². The van der Waals surface area contributed by atoms with Crippen LogP contribution >= 0.6 is 22.7 Å². The van der Waals surface area contributed by atoms with Crippen molar-refractivity contribution in [1.82, 2.24) is 0 Å². The Morgan fingerprint density at radius 1 is 0.447 bits per heavy atom. The number of fused-ring (bicyclic) bond motifs is 6. The molecule has 9 rings (SSSR count). The Bertz CT molecular complexity index is 2580. The number of rotatable bonds is 6. The highest BCUT2D eigenvalue weighted by Crippen LogP contribution is 2.47. The minimum absolute atomic E-state index is 0.651. The van der Waals surface area contributed by atoms with Gasteiger partial charge in [0.2, 0.25) is 0 Å². The molecule has 0 atom stereocenters. The fourth-order valence-electron chi connectivity index (χ4n) is 6.70. The van der Waals surface area contributed by atoms with Crippen molar-refractivity contribution in [3.8, 4) is 33.4 Å². The fraction of sp³-hybridized carbons (Fsp3) is 0.0227. The Morgan fingerprint density at radius 3 is 1.94 bits per heavy atom. The van der Waals surface area contributed by atoms with Crippen molar-refractivity contribution in [1.29, 1.82) is 0 Å². The van der Waals surface area contributed by atoms with Gasteiger partial charge in [0.1, 0.15) is 0 Å². The van der Waals surface area contributed by atoms with Gasteiger partial charge in [0.15, 0.2) is 0 Å². The minimum atomic E-state index is 0.651. The summed E-state index contributed by atoms with van der Waals surface area (Å²) >= 11 is 3.77. The number of benzene rings is 7. The van der Waals surface area contributed by atoms with Gasteiger partial charge in [0, 0.05) is 57.7 Å². The average molecular weight is 636 g/mol. The van der Waals surface area contributed by atoms with Crippen LogP contribution in [-0.2, 0) is 6.54 Å². The SMILES string of the molecule is C(=NCc1ccccc1)c1ccc(-c2ccc3sc4ccccc4c3c2)c2sc3c(-c4ccccc4)cc(-c4ccccc4)cc3c12. The van der Waals surface area contributed by atoms with Gasteiger partial charge in [-0.15, -0.1) is 22.7 Å².